The molecule has 1 aliphatic heterocycles. The van der Waals surface area contributed by atoms with Crippen molar-refractivity contribution >= 4 is 17.7 Å². The number of hydrogen-bond donors (Lipinski definition) is 2. The summed E-state index contributed by atoms with van der Waals surface area (Å²) in [5, 5.41) is 12.1. The zero-order valence-corrected chi connectivity index (χ0v) is 9.25. The van der Waals surface area contributed by atoms with Crippen LogP contribution in [-0.4, -0.2) is 22.9 Å². The molecule has 0 bridgehead atoms. The Morgan fingerprint density at radius 2 is 2.13 bits per heavy atom. The van der Waals surface area contributed by atoms with Gasteiger partial charge < -0.3 is 5.11 Å². The van der Waals surface area contributed by atoms with Gasteiger partial charge in [0.15, 0.2) is 0 Å². The number of benzene rings is 1. The summed E-state index contributed by atoms with van der Waals surface area (Å²) >= 11 is 1.65. The largest absolute Gasteiger partial charge is 0.480 e. The van der Waals surface area contributed by atoms with E-state index in [9.17, 15) is 4.79 Å². The highest BCUT2D eigenvalue weighted by Crippen LogP contribution is 2.32. The fourth-order valence-electron chi connectivity index (χ4n) is 1.55. The number of aliphatic carboxylic acids is 1. The summed E-state index contributed by atoms with van der Waals surface area (Å²) in [4.78, 5) is 10.8. The van der Waals surface area contributed by atoms with Gasteiger partial charge in [0.1, 0.15) is 6.04 Å². The Morgan fingerprint density at radius 3 is 2.67 bits per heavy atom. The van der Waals surface area contributed by atoms with Crippen LogP contribution >= 0.6 is 11.8 Å². The van der Waals surface area contributed by atoms with Gasteiger partial charge in [-0.3, -0.25) is 10.1 Å². The second kappa shape index (κ2) is 4.24. The molecule has 3 nitrogen and oxygen atoms in total. The zero-order valence-electron chi connectivity index (χ0n) is 8.43. The van der Waals surface area contributed by atoms with Gasteiger partial charge in [0.25, 0.3) is 0 Å². The molecule has 1 unspecified atom stereocenters. The van der Waals surface area contributed by atoms with E-state index >= 15 is 0 Å². The lowest BCUT2D eigenvalue weighted by molar-refractivity contribution is -0.138. The van der Waals surface area contributed by atoms with Gasteiger partial charge in [-0.15, -0.1) is 11.8 Å². The van der Waals surface area contributed by atoms with Crippen molar-refractivity contribution in [1.82, 2.24) is 5.32 Å². The Labute approximate surface area is 92.9 Å². The number of carboxylic acid groups (broad SMARTS) is 1. The van der Waals surface area contributed by atoms with Gasteiger partial charge in [-0.1, -0.05) is 29.8 Å². The van der Waals surface area contributed by atoms with Crippen LogP contribution in [0.1, 0.15) is 16.5 Å². The molecule has 1 aromatic rings. The summed E-state index contributed by atoms with van der Waals surface area (Å²) in [7, 11) is 0. The predicted molar refractivity (Wildman–Crippen MR) is 60.9 cm³/mol. The normalized spacial score (nSPS) is 25.4. The molecule has 1 fully saturated rings. The van der Waals surface area contributed by atoms with Gasteiger partial charge in [0.2, 0.25) is 0 Å². The van der Waals surface area contributed by atoms with E-state index < -0.39 is 12.0 Å². The highest BCUT2D eigenvalue weighted by atomic mass is 32.2. The first-order valence-electron chi connectivity index (χ1n) is 4.84. The standard InChI is InChI=1S/C11H13NO2S/c1-7-2-4-8(5-3-7)10-12-9(6-15-10)11(13)14/h2-5,9-10,12H,6H2,1H3,(H,13,14)/t9?,10-/m0/s1. The summed E-state index contributed by atoms with van der Waals surface area (Å²) in [6.45, 7) is 2.04. The summed E-state index contributed by atoms with van der Waals surface area (Å²) in [6.07, 6.45) is 0. The first-order valence-corrected chi connectivity index (χ1v) is 5.89. The second-order valence-corrected chi connectivity index (χ2v) is 4.82. The van der Waals surface area contributed by atoms with Gasteiger partial charge in [0, 0.05) is 5.75 Å². The Morgan fingerprint density at radius 1 is 1.47 bits per heavy atom. The molecule has 0 saturated carbocycles. The summed E-state index contributed by atoms with van der Waals surface area (Å²) in [5.41, 5.74) is 2.37. The third kappa shape index (κ3) is 2.33. The maximum absolute atomic E-state index is 10.8. The van der Waals surface area contributed by atoms with Crippen molar-refractivity contribution in [2.45, 2.75) is 18.3 Å². The number of nitrogens with one attached hydrogen (secondary N) is 1. The minimum absolute atomic E-state index is 0.117. The Balaban J connectivity index is 2.07. The molecule has 0 radical (unpaired) electrons. The third-order valence-electron chi connectivity index (χ3n) is 2.46. The topological polar surface area (TPSA) is 49.3 Å². The van der Waals surface area contributed by atoms with Crippen LogP contribution in [0.3, 0.4) is 0 Å². The lowest BCUT2D eigenvalue weighted by Crippen LogP contribution is -2.33. The van der Waals surface area contributed by atoms with Crippen molar-refractivity contribution in [1.29, 1.82) is 0 Å². The van der Waals surface area contributed by atoms with Gasteiger partial charge in [0.05, 0.1) is 5.37 Å². The van der Waals surface area contributed by atoms with Gasteiger partial charge in [-0.25, -0.2) is 0 Å². The molecule has 2 atom stereocenters. The van der Waals surface area contributed by atoms with Crippen LogP contribution in [0.4, 0.5) is 0 Å². The Kier molecular flexibility index (Phi) is 2.98. The lowest BCUT2D eigenvalue weighted by atomic mass is 10.1. The van der Waals surface area contributed by atoms with E-state index in [0.717, 1.165) is 5.56 Å². The predicted octanol–water partition coefficient (Wildman–Crippen LogP) is 1.78. The number of thioether (sulfide) groups is 1. The van der Waals surface area contributed by atoms with Crippen LogP contribution in [0.5, 0.6) is 0 Å². The first-order chi connectivity index (χ1) is 7.16. The second-order valence-electron chi connectivity index (χ2n) is 3.68. The number of carbonyl (C=O) groups is 1. The summed E-state index contributed by atoms with van der Waals surface area (Å²) in [5.74, 6) is -0.134. The van der Waals surface area contributed by atoms with E-state index in [-0.39, 0.29) is 5.37 Å². The monoisotopic (exact) mass is 223 g/mol. The van der Waals surface area contributed by atoms with Gasteiger partial charge >= 0.3 is 5.97 Å². The molecular formula is C11H13NO2S. The SMILES string of the molecule is Cc1ccc([C@H]2NC(C(=O)O)CS2)cc1. The molecule has 0 amide bonds. The van der Waals surface area contributed by atoms with E-state index in [2.05, 4.69) is 5.32 Å². The number of carboxylic acids is 1. The average molecular weight is 223 g/mol. The molecule has 1 saturated heterocycles. The van der Waals surface area contributed by atoms with Crippen LogP contribution in [-0.2, 0) is 4.79 Å². The highest BCUT2D eigenvalue weighted by molar-refractivity contribution is 7.99. The first kappa shape index (κ1) is 10.5. The van der Waals surface area contributed by atoms with E-state index in [0.29, 0.717) is 5.75 Å². The molecule has 0 aromatic heterocycles. The van der Waals surface area contributed by atoms with Crippen LogP contribution < -0.4 is 5.32 Å². The molecule has 2 N–H and O–H groups in total. The molecule has 15 heavy (non-hydrogen) atoms. The quantitative estimate of drug-likeness (QED) is 0.802. The maximum Gasteiger partial charge on any atom is 0.321 e. The molecular weight excluding hydrogens is 210 g/mol. The number of aryl methyl sites for hydroxylation is 1. The van der Waals surface area contributed by atoms with Crippen LogP contribution in [0.25, 0.3) is 0 Å². The molecule has 0 aliphatic carbocycles. The van der Waals surface area contributed by atoms with Crippen LogP contribution in [0.2, 0.25) is 0 Å². The number of hydrogen-bond acceptors (Lipinski definition) is 3. The van der Waals surface area contributed by atoms with E-state index in [1.54, 1.807) is 11.8 Å². The lowest BCUT2D eigenvalue weighted by Gasteiger charge is -2.11. The van der Waals surface area contributed by atoms with Crippen molar-refractivity contribution in [3.63, 3.8) is 0 Å². The molecule has 4 heteroatoms. The maximum atomic E-state index is 10.8. The minimum atomic E-state index is -0.767. The third-order valence-corrected chi connectivity index (χ3v) is 3.73. The molecule has 80 valence electrons. The zero-order chi connectivity index (χ0) is 10.8. The van der Waals surface area contributed by atoms with Crippen molar-refractivity contribution in [3.8, 4) is 0 Å². The summed E-state index contributed by atoms with van der Waals surface area (Å²) < 4.78 is 0. The van der Waals surface area contributed by atoms with E-state index in [1.165, 1.54) is 5.56 Å². The van der Waals surface area contributed by atoms with Gasteiger partial charge in [-0.2, -0.15) is 0 Å². The molecule has 0 spiro atoms. The smallest absolute Gasteiger partial charge is 0.321 e. The Bertz CT molecular complexity index is 363. The van der Waals surface area contributed by atoms with Crippen molar-refractivity contribution < 1.29 is 9.90 Å². The minimum Gasteiger partial charge on any atom is -0.480 e. The van der Waals surface area contributed by atoms with Crippen LogP contribution in [0.15, 0.2) is 24.3 Å². The molecule has 1 aliphatic rings. The summed E-state index contributed by atoms with van der Waals surface area (Å²) in [6, 6.07) is 7.77. The van der Waals surface area contributed by atoms with Crippen molar-refractivity contribution in [2.24, 2.45) is 0 Å². The molecule has 2 rings (SSSR count). The van der Waals surface area contributed by atoms with E-state index in [4.69, 9.17) is 5.11 Å². The van der Waals surface area contributed by atoms with Crippen molar-refractivity contribution in [3.05, 3.63) is 35.4 Å². The Hall–Kier alpha value is -1.00. The van der Waals surface area contributed by atoms with Gasteiger partial charge in [-0.05, 0) is 12.5 Å². The highest BCUT2D eigenvalue weighted by Gasteiger charge is 2.29. The van der Waals surface area contributed by atoms with Crippen molar-refractivity contribution in [2.75, 3.05) is 5.75 Å². The van der Waals surface area contributed by atoms with E-state index in [1.807, 2.05) is 31.2 Å². The average Bonchev–Trinajstić information content (AvgIpc) is 2.68. The molecule has 1 aromatic carbocycles. The molecule has 1 heterocycles. The van der Waals surface area contributed by atoms with Crippen LogP contribution in [0, 0.1) is 6.92 Å². The number of rotatable bonds is 2. The fourth-order valence-corrected chi connectivity index (χ4v) is 2.78. The fraction of sp³-hybridized carbons (Fsp3) is 0.364.